The second-order valence-electron chi connectivity index (χ2n) is 5.22. The molecule has 4 heteroatoms. The molecule has 1 amide bonds. The Morgan fingerprint density at radius 3 is 2.45 bits per heavy atom. The molecule has 0 heterocycles. The average molecular weight is 361 g/mol. The van der Waals surface area contributed by atoms with E-state index < -0.39 is 0 Å². The molecular formula is C18H21BrN2O. The number of carbonyl (C=O) groups is 1. The molecule has 2 rings (SSSR count). The fourth-order valence-electron chi connectivity index (χ4n) is 2.13. The lowest BCUT2D eigenvalue weighted by Gasteiger charge is -2.15. The van der Waals surface area contributed by atoms with E-state index in [1.807, 2.05) is 49.4 Å². The highest BCUT2D eigenvalue weighted by Crippen LogP contribution is 2.19. The number of rotatable bonds is 6. The molecule has 116 valence electrons. The largest absolute Gasteiger partial charge is 0.326 e. The molecule has 0 aliphatic rings. The zero-order valence-corrected chi connectivity index (χ0v) is 14.5. The quantitative estimate of drug-likeness (QED) is 0.787. The average Bonchev–Trinajstić information content (AvgIpc) is 2.54. The van der Waals surface area contributed by atoms with Gasteiger partial charge in [0.25, 0.3) is 0 Å². The SMILES string of the molecule is CCC(=O)Nc1ccc([C@H](C)NCc2ccccc2Br)cc1. The molecule has 0 spiro atoms. The lowest BCUT2D eigenvalue weighted by molar-refractivity contribution is -0.115. The summed E-state index contributed by atoms with van der Waals surface area (Å²) in [5, 5.41) is 6.37. The van der Waals surface area contributed by atoms with Crippen molar-refractivity contribution in [3.63, 3.8) is 0 Å². The van der Waals surface area contributed by atoms with Gasteiger partial charge in [0.1, 0.15) is 0 Å². The van der Waals surface area contributed by atoms with Gasteiger partial charge in [0.2, 0.25) is 5.91 Å². The molecule has 0 fully saturated rings. The van der Waals surface area contributed by atoms with Gasteiger partial charge in [0.05, 0.1) is 0 Å². The van der Waals surface area contributed by atoms with Crippen LogP contribution in [0.5, 0.6) is 0 Å². The van der Waals surface area contributed by atoms with Crippen LogP contribution in [-0.4, -0.2) is 5.91 Å². The Hall–Kier alpha value is -1.65. The van der Waals surface area contributed by atoms with Gasteiger partial charge in [-0.05, 0) is 36.2 Å². The monoisotopic (exact) mass is 360 g/mol. The molecule has 3 nitrogen and oxygen atoms in total. The van der Waals surface area contributed by atoms with Crippen LogP contribution in [0.4, 0.5) is 5.69 Å². The summed E-state index contributed by atoms with van der Waals surface area (Å²) < 4.78 is 1.12. The number of amides is 1. The van der Waals surface area contributed by atoms with E-state index in [0.29, 0.717) is 6.42 Å². The highest BCUT2D eigenvalue weighted by Gasteiger charge is 2.07. The number of nitrogens with one attached hydrogen (secondary N) is 2. The van der Waals surface area contributed by atoms with Crippen molar-refractivity contribution in [1.82, 2.24) is 5.32 Å². The van der Waals surface area contributed by atoms with Crippen LogP contribution < -0.4 is 10.6 Å². The molecule has 0 bridgehead atoms. The van der Waals surface area contributed by atoms with Crippen molar-refractivity contribution >= 4 is 27.5 Å². The molecule has 0 saturated heterocycles. The van der Waals surface area contributed by atoms with E-state index in [2.05, 4.69) is 39.6 Å². The summed E-state index contributed by atoms with van der Waals surface area (Å²) in [6, 6.07) is 16.4. The van der Waals surface area contributed by atoms with Gasteiger partial charge < -0.3 is 10.6 Å². The first-order valence-electron chi connectivity index (χ1n) is 7.46. The Morgan fingerprint density at radius 1 is 1.14 bits per heavy atom. The fourth-order valence-corrected chi connectivity index (χ4v) is 2.55. The van der Waals surface area contributed by atoms with Gasteiger partial charge >= 0.3 is 0 Å². The van der Waals surface area contributed by atoms with Crippen LogP contribution in [0.3, 0.4) is 0 Å². The number of benzene rings is 2. The minimum atomic E-state index is 0.0350. The predicted octanol–water partition coefficient (Wildman–Crippen LogP) is 4.65. The van der Waals surface area contributed by atoms with Crippen molar-refractivity contribution in [2.24, 2.45) is 0 Å². The standard InChI is InChI=1S/C18H21BrN2O/c1-3-18(22)21-16-10-8-14(9-11-16)13(2)20-12-15-6-4-5-7-17(15)19/h4-11,13,20H,3,12H2,1-2H3,(H,21,22)/t13-/m0/s1. The summed E-state index contributed by atoms with van der Waals surface area (Å²) >= 11 is 3.56. The molecule has 0 aromatic heterocycles. The number of anilines is 1. The molecule has 2 aromatic rings. The van der Waals surface area contributed by atoms with E-state index in [-0.39, 0.29) is 11.9 Å². The van der Waals surface area contributed by atoms with E-state index in [1.54, 1.807) is 0 Å². The molecule has 0 aliphatic carbocycles. The Kier molecular flexibility index (Phi) is 6.16. The topological polar surface area (TPSA) is 41.1 Å². The zero-order chi connectivity index (χ0) is 15.9. The summed E-state index contributed by atoms with van der Waals surface area (Å²) in [5.74, 6) is 0.0350. The summed E-state index contributed by atoms with van der Waals surface area (Å²) in [7, 11) is 0. The molecule has 0 saturated carbocycles. The number of carbonyl (C=O) groups excluding carboxylic acids is 1. The number of hydrogen-bond donors (Lipinski definition) is 2. The van der Waals surface area contributed by atoms with Crippen LogP contribution in [-0.2, 0) is 11.3 Å². The van der Waals surface area contributed by atoms with Gasteiger partial charge in [-0.15, -0.1) is 0 Å². The maximum atomic E-state index is 11.4. The molecule has 0 aliphatic heterocycles. The maximum absolute atomic E-state index is 11.4. The van der Waals surface area contributed by atoms with E-state index in [4.69, 9.17) is 0 Å². The second kappa shape index (κ2) is 8.11. The lowest BCUT2D eigenvalue weighted by Crippen LogP contribution is -2.18. The third-order valence-electron chi connectivity index (χ3n) is 3.57. The first kappa shape index (κ1) is 16.7. The van der Waals surface area contributed by atoms with Crippen LogP contribution in [0.1, 0.15) is 37.4 Å². The molecular weight excluding hydrogens is 340 g/mol. The molecule has 0 unspecified atom stereocenters. The first-order valence-corrected chi connectivity index (χ1v) is 8.26. The highest BCUT2D eigenvalue weighted by molar-refractivity contribution is 9.10. The molecule has 2 aromatic carbocycles. The summed E-state index contributed by atoms with van der Waals surface area (Å²) in [6.45, 7) is 4.78. The Morgan fingerprint density at radius 2 is 1.82 bits per heavy atom. The van der Waals surface area contributed by atoms with Gasteiger partial charge in [-0.2, -0.15) is 0 Å². The zero-order valence-electron chi connectivity index (χ0n) is 12.9. The highest BCUT2D eigenvalue weighted by atomic mass is 79.9. The Balaban J connectivity index is 1.94. The van der Waals surface area contributed by atoms with Gasteiger partial charge in [-0.25, -0.2) is 0 Å². The van der Waals surface area contributed by atoms with Crippen molar-refractivity contribution < 1.29 is 4.79 Å². The minimum absolute atomic E-state index is 0.0350. The molecule has 1 atom stereocenters. The van der Waals surface area contributed by atoms with E-state index in [1.165, 1.54) is 11.1 Å². The summed E-state index contributed by atoms with van der Waals surface area (Å²) in [5.41, 5.74) is 3.27. The summed E-state index contributed by atoms with van der Waals surface area (Å²) in [4.78, 5) is 11.4. The molecule has 22 heavy (non-hydrogen) atoms. The van der Waals surface area contributed by atoms with Crippen molar-refractivity contribution in [1.29, 1.82) is 0 Å². The minimum Gasteiger partial charge on any atom is -0.326 e. The number of hydrogen-bond acceptors (Lipinski definition) is 2. The summed E-state index contributed by atoms with van der Waals surface area (Å²) in [6.07, 6.45) is 0.492. The normalized spacial score (nSPS) is 12.0. The van der Waals surface area contributed by atoms with Gasteiger partial charge in [-0.3, -0.25) is 4.79 Å². The first-order chi connectivity index (χ1) is 10.6. The van der Waals surface area contributed by atoms with E-state index >= 15 is 0 Å². The molecule has 2 N–H and O–H groups in total. The maximum Gasteiger partial charge on any atom is 0.224 e. The van der Waals surface area contributed by atoms with Crippen LogP contribution in [0, 0.1) is 0 Å². The lowest BCUT2D eigenvalue weighted by atomic mass is 10.1. The van der Waals surface area contributed by atoms with Gasteiger partial charge in [-0.1, -0.05) is 53.2 Å². The van der Waals surface area contributed by atoms with Crippen molar-refractivity contribution in [2.75, 3.05) is 5.32 Å². The van der Waals surface area contributed by atoms with Gasteiger partial charge in [0, 0.05) is 29.2 Å². The van der Waals surface area contributed by atoms with Crippen LogP contribution in [0.25, 0.3) is 0 Å². The fraction of sp³-hybridized carbons (Fsp3) is 0.278. The van der Waals surface area contributed by atoms with Crippen molar-refractivity contribution in [2.45, 2.75) is 32.9 Å². The van der Waals surface area contributed by atoms with Crippen LogP contribution >= 0.6 is 15.9 Å². The molecule has 0 radical (unpaired) electrons. The van der Waals surface area contributed by atoms with E-state index in [0.717, 1.165) is 16.7 Å². The smallest absolute Gasteiger partial charge is 0.224 e. The van der Waals surface area contributed by atoms with Gasteiger partial charge in [0.15, 0.2) is 0 Å². The third-order valence-corrected chi connectivity index (χ3v) is 4.35. The third kappa shape index (κ3) is 4.68. The van der Waals surface area contributed by atoms with Crippen LogP contribution in [0.15, 0.2) is 53.0 Å². The Labute approximate surface area is 140 Å². The van der Waals surface area contributed by atoms with Crippen molar-refractivity contribution in [3.05, 3.63) is 64.1 Å². The van der Waals surface area contributed by atoms with Crippen molar-refractivity contribution in [3.8, 4) is 0 Å². The van der Waals surface area contributed by atoms with E-state index in [9.17, 15) is 4.79 Å². The Bertz CT molecular complexity index is 625. The predicted molar refractivity (Wildman–Crippen MR) is 94.8 cm³/mol. The van der Waals surface area contributed by atoms with Crippen LogP contribution in [0.2, 0.25) is 0 Å². The number of halogens is 1. The second-order valence-corrected chi connectivity index (χ2v) is 6.07.